The summed E-state index contributed by atoms with van der Waals surface area (Å²) in [6, 6.07) is 0. The molecule has 3 nitrogen and oxygen atoms in total. The monoisotopic (exact) mass is 118 g/mol. The van der Waals surface area contributed by atoms with Crippen molar-refractivity contribution in [2.45, 2.75) is 0 Å². The van der Waals surface area contributed by atoms with Crippen molar-refractivity contribution in [3.63, 3.8) is 0 Å². The van der Waals surface area contributed by atoms with E-state index in [-0.39, 0.29) is 0 Å². The van der Waals surface area contributed by atoms with E-state index in [1.807, 2.05) is 0 Å². The van der Waals surface area contributed by atoms with Gasteiger partial charge in [-0.1, -0.05) is 0 Å². The smallest absolute Gasteiger partial charge is 0.109 e. The van der Waals surface area contributed by atoms with Crippen molar-refractivity contribution in [3.8, 4) is 0 Å². The first-order valence-corrected chi connectivity index (χ1v) is 2.62. The van der Waals surface area contributed by atoms with Crippen LogP contribution in [0.5, 0.6) is 0 Å². The van der Waals surface area contributed by atoms with E-state index >= 15 is 0 Å². The minimum atomic E-state index is 0.859. The zero-order chi connectivity index (χ0) is 6.10. The number of hydrogen-bond acceptors (Lipinski definition) is 2. The Morgan fingerprint density at radius 3 is 3.11 bits per heavy atom. The van der Waals surface area contributed by atoms with Gasteiger partial charge in [0.05, 0.1) is 6.20 Å². The van der Waals surface area contributed by atoms with Gasteiger partial charge in [-0.05, 0) is 0 Å². The number of aromatic amines is 1. The average Bonchev–Trinajstić information content (AvgIpc) is 2.33. The predicted octanol–water partition coefficient (Wildman–Crippen LogP) is 0.758. The lowest BCUT2D eigenvalue weighted by atomic mass is 10.5. The second-order valence-corrected chi connectivity index (χ2v) is 1.72. The van der Waals surface area contributed by atoms with E-state index in [2.05, 4.69) is 21.1 Å². The summed E-state index contributed by atoms with van der Waals surface area (Å²) >= 11 is 0. The molecule has 0 saturated heterocycles. The van der Waals surface area contributed by atoms with Crippen LogP contribution in [0.2, 0.25) is 0 Å². The molecule has 0 aliphatic carbocycles. The maximum absolute atomic E-state index is 3.99. The highest BCUT2D eigenvalue weighted by Crippen LogP contribution is 2.02. The van der Waals surface area contributed by atoms with Gasteiger partial charge in [-0.15, -0.1) is 0 Å². The number of rotatable bonds is 0. The van der Waals surface area contributed by atoms with E-state index in [9.17, 15) is 0 Å². The van der Waals surface area contributed by atoms with Crippen LogP contribution in [0.15, 0.2) is 18.6 Å². The fourth-order valence-corrected chi connectivity index (χ4v) is 0.737. The molecule has 9 heavy (non-hydrogen) atoms. The summed E-state index contributed by atoms with van der Waals surface area (Å²) in [5.41, 5.74) is 1.74. The number of nitrogens with zero attached hydrogens (tertiary/aromatic N) is 2. The summed E-state index contributed by atoms with van der Waals surface area (Å²) in [6.45, 7) is 0. The fraction of sp³-hybridized carbons (Fsp3) is 0. The van der Waals surface area contributed by atoms with Gasteiger partial charge in [0, 0.05) is 12.4 Å². The summed E-state index contributed by atoms with van der Waals surface area (Å²) in [4.78, 5) is 10.8. The van der Waals surface area contributed by atoms with Crippen molar-refractivity contribution in [1.82, 2.24) is 15.0 Å². The fourth-order valence-electron chi connectivity index (χ4n) is 0.737. The molecule has 0 unspecified atom stereocenters. The Kier molecular flexibility index (Phi) is 0.773. The normalized spacial score (nSPS) is 10.2. The van der Waals surface area contributed by atoms with E-state index in [1.54, 1.807) is 18.6 Å². The summed E-state index contributed by atoms with van der Waals surface area (Å²) in [7, 11) is 0. The standard InChI is InChI=1S/C6H4N3/c1-2-9-6-4-7-3-5(6)8-1/h1,3-4,7H. The van der Waals surface area contributed by atoms with E-state index in [0.717, 1.165) is 11.0 Å². The molecule has 0 amide bonds. The Bertz CT molecular complexity index is 282. The first-order chi connectivity index (χ1) is 4.47. The lowest BCUT2D eigenvalue weighted by Crippen LogP contribution is -1.74. The molecule has 43 valence electrons. The largest absolute Gasteiger partial charge is 0.364 e. The van der Waals surface area contributed by atoms with E-state index < -0.39 is 0 Å². The van der Waals surface area contributed by atoms with Gasteiger partial charge in [-0.2, -0.15) is 0 Å². The molecule has 3 heteroatoms. The molecule has 2 heterocycles. The highest BCUT2D eigenvalue weighted by Gasteiger charge is 1.90. The molecule has 0 saturated carbocycles. The van der Waals surface area contributed by atoms with Gasteiger partial charge in [-0.3, -0.25) is 4.98 Å². The maximum atomic E-state index is 3.99. The summed E-state index contributed by atoms with van der Waals surface area (Å²) < 4.78 is 0. The van der Waals surface area contributed by atoms with Gasteiger partial charge < -0.3 is 4.98 Å². The molecule has 2 aromatic rings. The molecule has 0 atom stereocenters. The molecule has 1 radical (unpaired) electrons. The van der Waals surface area contributed by atoms with Crippen molar-refractivity contribution in [2.24, 2.45) is 0 Å². The number of H-pyrrole nitrogens is 1. The Morgan fingerprint density at radius 2 is 2.22 bits per heavy atom. The zero-order valence-corrected chi connectivity index (χ0v) is 4.63. The van der Waals surface area contributed by atoms with Crippen molar-refractivity contribution in [2.75, 3.05) is 0 Å². The molecule has 0 fully saturated rings. The van der Waals surface area contributed by atoms with Crippen molar-refractivity contribution in [3.05, 3.63) is 24.8 Å². The summed E-state index contributed by atoms with van der Waals surface area (Å²) in [5, 5.41) is 0. The van der Waals surface area contributed by atoms with E-state index in [1.165, 1.54) is 0 Å². The first kappa shape index (κ1) is 4.49. The maximum Gasteiger partial charge on any atom is 0.109 e. The van der Waals surface area contributed by atoms with Crippen molar-refractivity contribution >= 4 is 11.0 Å². The zero-order valence-electron chi connectivity index (χ0n) is 4.63. The first-order valence-electron chi connectivity index (χ1n) is 2.62. The Hall–Kier alpha value is -1.38. The average molecular weight is 118 g/mol. The van der Waals surface area contributed by atoms with Crippen LogP contribution in [-0.2, 0) is 0 Å². The van der Waals surface area contributed by atoms with Crippen LogP contribution in [0.25, 0.3) is 11.0 Å². The van der Waals surface area contributed by atoms with Gasteiger partial charge in [0.2, 0.25) is 0 Å². The second-order valence-electron chi connectivity index (χ2n) is 1.72. The Balaban J connectivity index is 2.95. The van der Waals surface area contributed by atoms with Gasteiger partial charge in [0.15, 0.2) is 0 Å². The minimum Gasteiger partial charge on any atom is -0.364 e. The molecule has 0 spiro atoms. The van der Waals surface area contributed by atoms with Gasteiger partial charge >= 0.3 is 0 Å². The van der Waals surface area contributed by atoms with Crippen LogP contribution in [-0.4, -0.2) is 15.0 Å². The molecule has 1 N–H and O–H groups in total. The number of fused-ring (bicyclic) bond motifs is 1. The third-order valence-electron chi connectivity index (χ3n) is 1.15. The Morgan fingerprint density at radius 1 is 1.33 bits per heavy atom. The molecule has 0 aliphatic heterocycles. The predicted molar refractivity (Wildman–Crippen MR) is 32.7 cm³/mol. The molecular formula is C6H4N3. The highest BCUT2D eigenvalue weighted by atomic mass is 14.8. The van der Waals surface area contributed by atoms with Gasteiger partial charge in [-0.25, -0.2) is 4.98 Å². The topological polar surface area (TPSA) is 41.6 Å². The van der Waals surface area contributed by atoms with Crippen LogP contribution in [0, 0.1) is 6.20 Å². The second kappa shape index (κ2) is 1.55. The lowest BCUT2D eigenvalue weighted by molar-refractivity contribution is 1.29. The van der Waals surface area contributed by atoms with Crippen LogP contribution in [0.3, 0.4) is 0 Å². The number of aromatic nitrogens is 3. The van der Waals surface area contributed by atoms with Crippen molar-refractivity contribution < 1.29 is 0 Å². The SMILES string of the molecule is [c]1cnc2c[nH]cc2n1. The van der Waals surface area contributed by atoms with Gasteiger partial charge in [0.25, 0.3) is 0 Å². The molecule has 2 aromatic heterocycles. The molecule has 0 aromatic carbocycles. The van der Waals surface area contributed by atoms with Crippen LogP contribution >= 0.6 is 0 Å². The van der Waals surface area contributed by atoms with Gasteiger partial charge in [0.1, 0.15) is 17.2 Å². The number of hydrogen-bond donors (Lipinski definition) is 1. The Labute approximate surface area is 51.8 Å². The summed E-state index contributed by atoms with van der Waals surface area (Å²) in [6.07, 6.45) is 7.78. The molecule has 2 rings (SSSR count). The van der Waals surface area contributed by atoms with Crippen LogP contribution < -0.4 is 0 Å². The van der Waals surface area contributed by atoms with Crippen LogP contribution in [0.1, 0.15) is 0 Å². The molecule has 0 aliphatic rings. The lowest BCUT2D eigenvalue weighted by Gasteiger charge is -1.80. The van der Waals surface area contributed by atoms with E-state index in [4.69, 9.17) is 0 Å². The third kappa shape index (κ3) is 0.579. The minimum absolute atomic E-state index is 0.859. The van der Waals surface area contributed by atoms with E-state index in [0.29, 0.717) is 0 Å². The van der Waals surface area contributed by atoms with Crippen molar-refractivity contribution in [1.29, 1.82) is 0 Å². The highest BCUT2D eigenvalue weighted by molar-refractivity contribution is 5.72. The summed E-state index contributed by atoms with van der Waals surface area (Å²) in [5.74, 6) is 0. The van der Waals surface area contributed by atoms with Crippen LogP contribution in [0.4, 0.5) is 0 Å². The number of nitrogens with one attached hydrogen (secondary N) is 1. The molecule has 0 bridgehead atoms. The quantitative estimate of drug-likeness (QED) is 0.554. The molecular weight excluding hydrogens is 114 g/mol. The third-order valence-corrected chi connectivity index (χ3v) is 1.15.